The fourth-order valence-corrected chi connectivity index (χ4v) is 2.90. The van der Waals surface area contributed by atoms with Gasteiger partial charge in [0.05, 0.1) is 19.9 Å². The summed E-state index contributed by atoms with van der Waals surface area (Å²) in [5, 5.41) is 5.44. The monoisotopic (exact) mass is 458 g/mol. The van der Waals surface area contributed by atoms with Crippen LogP contribution in [0.4, 0.5) is 15.8 Å². The van der Waals surface area contributed by atoms with E-state index in [1.54, 1.807) is 31.4 Å². The van der Waals surface area contributed by atoms with Crippen LogP contribution in [0.5, 0.6) is 17.2 Å². The Balaban J connectivity index is 1.63. The average molecular weight is 459 g/mol. The van der Waals surface area contributed by atoms with E-state index in [0.29, 0.717) is 11.4 Å². The lowest BCUT2D eigenvalue weighted by atomic mass is 10.1. The Morgan fingerprint density at radius 1 is 0.906 bits per heavy atom. The number of amides is 2. The van der Waals surface area contributed by atoms with Gasteiger partial charge in [-0.15, -0.1) is 0 Å². The van der Waals surface area contributed by atoms with Crippen molar-refractivity contribution in [3.8, 4) is 17.2 Å². The van der Waals surface area contributed by atoms with Crippen LogP contribution in [0.25, 0.3) is 0 Å². The average Bonchev–Trinajstić information content (AvgIpc) is 2.80. The third kappa shape index (κ3) is 5.89. The Kier molecular flexibility index (Phi) is 7.51. The van der Waals surface area contributed by atoms with E-state index in [9.17, 15) is 14.0 Å². The quantitative estimate of drug-likeness (QED) is 0.508. The number of hydrogen-bond donors (Lipinski definition) is 2. The van der Waals surface area contributed by atoms with E-state index in [0.717, 1.165) is 6.07 Å². The van der Waals surface area contributed by atoms with E-state index in [-0.39, 0.29) is 40.3 Å². The molecular weight excluding hydrogens is 439 g/mol. The van der Waals surface area contributed by atoms with Crippen molar-refractivity contribution in [2.45, 2.75) is 0 Å². The summed E-state index contributed by atoms with van der Waals surface area (Å²) in [5.74, 6) is -0.378. The maximum absolute atomic E-state index is 13.9. The van der Waals surface area contributed by atoms with Crippen molar-refractivity contribution < 1.29 is 28.2 Å². The number of anilines is 2. The molecule has 7 nitrogen and oxygen atoms in total. The van der Waals surface area contributed by atoms with E-state index in [4.69, 9.17) is 25.8 Å². The van der Waals surface area contributed by atoms with Crippen molar-refractivity contribution in [2.24, 2.45) is 0 Å². The molecule has 0 unspecified atom stereocenters. The smallest absolute Gasteiger partial charge is 0.262 e. The lowest BCUT2D eigenvalue weighted by Gasteiger charge is -2.13. The molecule has 9 heteroatoms. The van der Waals surface area contributed by atoms with Crippen LogP contribution < -0.4 is 24.8 Å². The summed E-state index contributed by atoms with van der Waals surface area (Å²) < 4.78 is 29.7. The number of nitrogens with one attached hydrogen (secondary N) is 2. The predicted octanol–water partition coefficient (Wildman–Crippen LogP) is 4.77. The number of ether oxygens (including phenoxy) is 3. The molecule has 0 heterocycles. The summed E-state index contributed by atoms with van der Waals surface area (Å²) in [5.41, 5.74) is 0.750. The van der Waals surface area contributed by atoms with Gasteiger partial charge < -0.3 is 24.8 Å². The molecule has 0 aliphatic heterocycles. The standard InChI is InChI=1S/C23H20ClFN2O5/c1-30-17-7-5-16(6-8-17)26-22(28)13-32-20-10-3-14(11-21(20)31-2)23(29)27-19-12-15(24)4-9-18(19)25/h3-12H,13H2,1-2H3,(H,26,28)(H,27,29). The van der Waals surface area contributed by atoms with E-state index >= 15 is 0 Å². The largest absolute Gasteiger partial charge is 0.497 e. The van der Waals surface area contributed by atoms with Crippen molar-refractivity contribution in [1.82, 2.24) is 0 Å². The molecule has 2 amide bonds. The van der Waals surface area contributed by atoms with Gasteiger partial charge in [-0.3, -0.25) is 9.59 Å². The van der Waals surface area contributed by atoms with Gasteiger partial charge in [-0.2, -0.15) is 0 Å². The fourth-order valence-electron chi connectivity index (χ4n) is 2.73. The second-order valence-corrected chi connectivity index (χ2v) is 6.95. The molecule has 0 aliphatic rings. The van der Waals surface area contributed by atoms with Crippen molar-refractivity contribution in [1.29, 1.82) is 0 Å². The molecule has 0 aliphatic carbocycles. The van der Waals surface area contributed by atoms with E-state index in [2.05, 4.69) is 10.6 Å². The number of methoxy groups -OCH3 is 2. The molecule has 0 bridgehead atoms. The Morgan fingerprint density at radius 2 is 1.66 bits per heavy atom. The van der Waals surface area contributed by atoms with Crippen LogP contribution in [0.1, 0.15) is 10.4 Å². The van der Waals surface area contributed by atoms with Gasteiger partial charge in [-0.25, -0.2) is 4.39 Å². The highest BCUT2D eigenvalue weighted by atomic mass is 35.5. The highest BCUT2D eigenvalue weighted by Crippen LogP contribution is 2.29. The molecule has 0 spiro atoms. The van der Waals surface area contributed by atoms with Gasteiger partial charge >= 0.3 is 0 Å². The number of rotatable bonds is 8. The van der Waals surface area contributed by atoms with E-state index in [1.165, 1.54) is 37.4 Å². The zero-order valence-electron chi connectivity index (χ0n) is 17.3. The minimum Gasteiger partial charge on any atom is -0.497 e. The van der Waals surface area contributed by atoms with Gasteiger partial charge in [0.1, 0.15) is 11.6 Å². The maximum atomic E-state index is 13.9. The van der Waals surface area contributed by atoms with Crippen LogP contribution in [0, 0.1) is 5.82 Å². The number of hydrogen-bond acceptors (Lipinski definition) is 5. The molecule has 32 heavy (non-hydrogen) atoms. The highest BCUT2D eigenvalue weighted by Gasteiger charge is 2.14. The normalized spacial score (nSPS) is 10.2. The summed E-state index contributed by atoms with van der Waals surface area (Å²) in [7, 11) is 2.96. The molecule has 0 radical (unpaired) electrons. The first kappa shape index (κ1) is 22.9. The zero-order valence-corrected chi connectivity index (χ0v) is 18.0. The third-order valence-corrected chi connectivity index (χ3v) is 4.57. The Labute approximate surface area is 189 Å². The van der Waals surface area contributed by atoms with Crippen LogP contribution in [-0.4, -0.2) is 32.6 Å². The van der Waals surface area contributed by atoms with Crippen molar-refractivity contribution >= 4 is 34.8 Å². The first-order valence-electron chi connectivity index (χ1n) is 9.40. The summed E-state index contributed by atoms with van der Waals surface area (Å²) in [6.07, 6.45) is 0. The SMILES string of the molecule is COc1ccc(NC(=O)COc2ccc(C(=O)Nc3cc(Cl)ccc3F)cc2OC)cc1. The van der Waals surface area contributed by atoms with Crippen molar-refractivity contribution in [2.75, 3.05) is 31.5 Å². The van der Waals surface area contributed by atoms with Gasteiger partial charge in [0.2, 0.25) is 0 Å². The summed E-state index contributed by atoms with van der Waals surface area (Å²) in [6.45, 7) is -0.276. The van der Waals surface area contributed by atoms with Crippen LogP contribution >= 0.6 is 11.6 Å². The third-order valence-electron chi connectivity index (χ3n) is 4.33. The minimum atomic E-state index is -0.613. The summed E-state index contributed by atoms with van der Waals surface area (Å²) in [4.78, 5) is 24.6. The maximum Gasteiger partial charge on any atom is 0.262 e. The van der Waals surface area contributed by atoms with Gasteiger partial charge in [-0.05, 0) is 60.7 Å². The van der Waals surface area contributed by atoms with Crippen molar-refractivity contribution in [3.05, 3.63) is 77.1 Å². The predicted molar refractivity (Wildman–Crippen MR) is 119 cm³/mol. The zero-order chi connectivity index (χ0) is 23.1. The van der Waals surface area contributed by atoms with E-state index in [1.807, 2.05) is 0 Å². The molecule has 0 fully saturated rings. The number of carbonyl (C=O) groups excluding carboxylic acids is 2. The number of benzene rings is 3. The molecule has 0 saturated heterocycles. The minimum absolute atomic E-state index is 0.0444. The van der Waals surface area contributed by atoms with Gasteiger partial charge in [-0.1, -0.05) is 11.6 Å². The van der Waals surface area contributed by atoms with Gasteiger partial charge in [0.15, 0.2) is 18.1 Å². The molecule has 0 saturated carbocycles. The first-order chi connectivity index (χ1) is 15.4. The van der Waals surface area contributed by atoms with Crippen LogP contribution in [0.2, 0.25) is 5.02 Å². The van der Waals surface area contributed by atoms with Crippen molar-refractivity contribution in [3.63, 3.8) is 0 Å². The van der Waals surface area contributed by atoms with Crippen LogP contribution in [-0.2, 0) is 4.79 Å². The molecule has 0 aromatic heterocycles. The molecular formula is C23H20ClFN2O5. The van der Waals surface area contributed by atoms with Crippen LogP contribution in [0.15, 0.2) is 60.7 Å². The highest BCUT2D eigenvalue weighted by molar-refractivity contribution is 6.31. The molecule has 166 valence electrons. The fraction of sp³-hybridized carbons (Fsp3) is 0.130. The molecule has 2 N–H and O–H groups in total. The van der Waals surface area contributed by atoms with Gasteiger partial charge in [0.25, 0.3) is 11.8 Å². The molecule has 0 atom stereocenters. The van der Waals surface area contributed by atoms with Crippen LogP contribution in [0.3, 0.4) is 0 Å². The second-order valence-electron chi connectivity index (χ2n) is 6.51. The topological polar surface area (TPSA) is 85.9 Å². The second kappa shape index (κ2) is 10.5. The number of halogens is 2. The summed E-state index contributed by atoms with van der Waals surface area (Å²) in [6, 6.07) is 15.1. The summed E-state index contributed by atoms with van der Waals surface area (Å²) >= 11 is 5.85. The Bertz CT molecular complexity index is 1120. The Hall–Kier alpha value is -3.78. The number of carbonyl (C=O) groups is 2. The van der Waals surface area contributed by atoms with Gasteiger partial charge in [0, 0.05) is 16.3 Å². The molecule has 3 aromatic rings. The lowest BCUT2D eigenvalue weighted by molar-refractivity contribution is -0.118. The molecule has 3 aromatic carbocycles. The molecule has 3 rings (SSSR count). The first-order valence-corrected chi connectivity index (χ1v) is 9.78. The Morgan fingerprint density at radius 3 is 2.34 bits per heavy atom. The lowest BCUT2D eigenvalue weighted by Crippen LogP contribution is -2.20. The van der Waals surface area contributed by atoms with E-state index < -0.39 is 11.7 Å².